The number of aliphatic carboxylic acids is 1. The number of aromatic nitrogens is 1. The average Bonchev–Trinajstić information content (AvgIpc) is 2.92. The van der Waals surface area contributed by atoms with Crippen molar-refractivity contribution in [2.75, 3.05) is 7.11 Å². The Kier molecular flexibility index (Phi) is 5.31. The Morgan fingerprint density at radius 3 is 2.42 bits per heavy atom. The van der Waals surface area contributed by atoms with Crippen LogP contribution in [0.3, 0.4) is 0 Å². The highest BCUT2D eigenvalue weighted by Crippen LogP contribution is 2.30. The molecule has 0 fully saturated rings. The normalized spacial score (nSPS) is 10.9. The van der Waals surface area contributed by atoms with Gasteiger partial charge < -0.3 is 9.84 Å². The van der Waals surface area contributed by atoms with Crippen molar-refractivity contribution in [1.29, 1.82) is 0 Å². The van der Waals surface area contributed by atoms with Crippen LogP contribution in [0.5, 0.6) is 5.75 Å². The molecule has 1 heterocycles. The summed E-state index contributed by atoms with van der Waals surface area (Å²) in [5.41, 5.74) is 3.66. The van der Waals surface area contributed by atoms with Crippen molar-refractivity contribution in [3.63, 3.8) is 0 Å². The topological polar surface area (TPSA) is 68.5 Å². The first-order valence-electron chi connectivity index (χ1n) is 8.05. The predicted molar refractivity (Wildman–Crippen MR) is 108 cm³/mol. The lowest BCUT2D eigenvalue weighted by molar-refractivity contribution is -0.136. The summed E-state index contributed by atoms with van der Waals surface area (Å²) in [5.74, 6) is -0.483. The predicted octanol–water partition coefficient (Wildman–Crippen LogP) is 4.21. The maximum Gasteiger partial charge on any atom is 0.307 e. The first-order valence-corrected chi connectivity index (χ1v) is 9.58. The summed E-state index contributed by atoms with van der Waals surface area (Å²) in [7, 11) is 1.56. The standard InChI is InChI=1S/C20H18INO4/c1-12-16(10-19(23)24)17-9-15(26-2)7-8-18(17)22(12)20(25)14-5-3-13(11-21)4-6-14/h3-9H,10-11H2,1-2H3,(H,23,24). The zero-order valence-electron chi connectivity index (χ0n) is 14.5. The van der Waals surface area contributed by atoms with Gasteiger partial charge >= 0.3 is 5.97 Å². The van der Waals surface area contributed by atoms with Crippen molar-refractivity contribution >= 4 is 45.4 Å². The molecule has 3 rings (SSSR count). The van der Waals surface area contributed by atoms with Crippen molar-refractivity contribution in [2.24, 2.45) is 0 Å². The van der Waals surface area contributed by atoms with Crippen LogP contribution in [0, 0.1) is 6.92 Å². The van der Waals surface area contributed by atoms with E-state index in [2.05, 4.69) is 22.6 Å². The summed E-state index contributed by atoms with van der Waals surface area (Å²) in [6, 6.07) is 12.8. The smallest absolute Gasteiger partial charge is 0.307 e. The number of hydrogen-bond acceptors (Lipinski definition) is 3. The first-order chi connectivity index (χ1) is 12.5. The average molecular weight is 463 g/mol. The van der Waals surface area contributed by atoms with Crippen LogP contribution in [0.15, 0.2) is 42.5 Å². The fourth-order valence-electron chi connectivity index (χ4n) is 3.09. The number of halogens is 1. The number of ether oxygens (including phenoxy) is 1. The number of rotatable bonds is 5. The molecule has 0 atom stereocenters. The SMILES string of the molecule is COc1ccc2c(c1)c(CC(=O)O)c(C)n2C(=O)c1ccc(CI)cc1. The van der Waals surface area contributed by atoms with Crippen LogP contribution >= 0.6 is 22.6 Å². The molecule has 0 unspecified atom stereocenters. The Labute approximate surface area is 164 Å². The van der Waals surface area contributed by atoms with E-state index in [1.165, 1.54) is 0 Å². The highest BCUT2D eigenvalue weighted by atomic mass is 127. The van der Waals surface area contributed by atoms with Crippen molar-refractivity contribution in [2.45, 2.75) is 17.8 Å². The van der Waals surface area contributed by atoms with Crippen LogP contribution in [0.1, 0.15) is 27.2 Å². The van der Waals surface area contributed by atoms with E-state index in [0.717, 1.165) is 15.4 Å². The molecule has 0 aliphatic rings. The molecule has 5 nitrogen and oxygen atoms in total. The zero-order chi connectivity index (χ0) is 18.8. The largest absolute Gasteiger partial charge is 0.497 e. The number of carbonyl (C=O) groups excluding carboxylic acids is 1. The molecule has 3 aromatic rings. The van der Waals surface area contributed by atoms with Gasteiger partial charge in [0.25, 0.3) is 5.91 Å². The van der Waals surface area contributed by atoms with Crippen LogP contribution < -0.4 is 4.74 Å². The minimum absolute atomic E-state index is 0.149. The first kappa shape index (κ1) is 18.4. The second-order valence-electron chi connectivity index (χ2n) is 5.99. The number of nitrogens with zero attached hydrogens (tertiary/aromatic N) is 1. The minimum Gasteiger partial charge on any atom is -0.497 e. The fourth-order valence-corrected chi connectivity index (χ4v) is 3.60. The Hall–Kier alpha value is -2.35. The monoisotopic (exact) mass is 463 g/mol. The molecule has 0 radical (unpaired) electrons. The molecule has 26 heavy (non-hydrogen) atoms. The molecule has 6 heteroatoms. The van der Waals surface area contributed by atoms with E-state index in [1.54, 1.807) is 36.8 Å². The Morgan fingerprint density at radius 1 is 1.15 bits per heavy atom. The quantitative estimate of drug-likeness (QED) is 0.455. The van der Waals surface area contributed by atoms with Crippen molar-refractivity contribution in [3.05, 3.63) is 64.8 Å². The van der Waals surface area contributed by atoms with Crippen molar-refractivity contribution < 1.29 is 19.4 Å². The number of benzene rings is 2. The van der Waals surface area contributed by atoms with Gasteiger partial charge in [-0.15, -0.1) is 0 Å². The number of hydrogen-bond donors (Lipinski definition) is 1. The minimum atomic E-state index is -0.936. The van der Waals surface area contributed by atoms with Gasteiger partial charge in [0.1, 0.15) is 5.75 Å². The molecule has 0 saturated heterocycles. The molecule has 1 aromatic heterocycles. The Bertz CT molecular complexity index is 989. The Morgan fingerprint density at radius 2 is 1.85 bits per heavy atom. The van der Waals surface area contributed by atoms with Gasteiger partial charge in [-0.1, -0.05) is 34.7 Å². The van der Waals surface area contributed by atoms with E-state index in [1.807, 2.05) is 24.3 Å². The summed E-state index contributed by atoms with van der Waals surface area (Å²) in [6.07, 6.45) is -0.149. The van der Waals surface area contributed by atoms with Crippen LogP contribution in [0.2, 0.25) is 0 Å². The number of methoxy groups -OCH3 is 1. The van der Waals surface area contributed by atoms with Crippen LogP contribution in [-0.2, 0) is 15.6 Å². The summed E-state index contributed by atoms with van der Waals surface area (Å²) in [4.78, 5) is 24.4. The van der Waals surface area contributed by atoms with Gasteiger partial charge in [0.15, 0.2) is 0 Å². The third-order valence-corrected chi connectivity index (χ3v) is 5.31. The van der Waals surface area contributed by atoms with E-state index in [4.69, 9.17) is 4.74 Å². The highest BCUT2D eigenvalue weighted by Gasteiger charge is 2.21. The molecule has 1 N–H and O–H groups in total. The molecular formula is C20H18INO4. The summed E-state index contributed by atoms with van der Waals surface area (Å²) in [6.45, 7) is 1.78. The van der Waals surface area contributed by atoms with Crippen LogP contribution in [0.25, 0.3) is 10.9 Å². The van der Waals surface area contributed by atoms with Gasteiger partial charge in [-0.25, -0.2) is 0 Å². The molecule has 0 amide bonds. The van der Waals surface area contributed by atoms with E-state index in [0.29, 0.717) is 28.1 Å². The van der Waals surface area contributed by atoms with E-state index in [9.17, 15) is 14.7 Å². The maximum atomic E-state index is 13.1. The van der Waals surface area contributed by atoms with Gasteiger partial charge in [0.05, 0.1) is 19.0 Å². The number of carboxylic acids is 1. The Balaban J connectivity index is 2.19. The van der Waals surface area contributed by atoms with Crippen molar-refractivity contribution in [3.8, 4) is 5.75 Å². The summed E-state index contributed by atoms with van der Waals surface area (Å²) < 4.78 is 7.72. The molecule has 0 saturated carbocycles. The molecule has 0 bridgehead atoms. The number of alkyl halides is 1. The third kappa shape index (κ3) is 3.33. The van der Waals surface area contributed by atoms with E-state index in [-0.39, 0.29) is 12.3 Å². The number of fused-ring (bicyclic) bond motifs is 1. The summed E-state index contributed by atoms with van der Waals surface area (Å²) >= 11 is 2.27. The summed E-state index contributed by atoms with van der Waals surface area (Å²) in [5, 5.41) is 10.00. The lowest BCUT2D eigenvalue weighted by Crippen LogP contribution is -2.14. The molecular weight excluding hydrogens is 445 g/mol. The van der Waals surface area contributed by atoms with Gasteiger partial charge in [0.2, 0.25) is 0 Å². The fraction of sp³-hybridized carbons (Fsp3) is 0.200. The second kappa shape index (κ2) is 7.49. The van der Waals surface area contributed by atoms with Crippen LogP contribution in [-0.4, -0.2) is 28.7 Å². The molecule has 0 spiro atoms. The lowest BCUT2D eigenvalue weighted by Gasteiger charge is -2.08. The highest BCUT2D eigenvalue weighted by molar-refractivity contribution is 14.1. The van der Waals surface area contributed by atoms with Gasteiger partial charge in [-0.2, -0.15) is 0 Å². The molecule has 134 valence electrons. The van der Waals surface area contributed by atoms with Gasteiger partial charge in [0, 0.05) is 21.1 Å². The number of carbonyl (C=O) groups is 2. The van der Waals surface area contributed by atoms with Gasteiger partial charge in [-0.3, -0.25) is 14.2 Å². The van der Waals surface area contributed by atoms with Crippen molar-refractivity contribution in [1.82, 2.24) is 4.57 Å². The zero-order valence-corrected chi connectivity index (χ0v) is 16.6. The van der Waals surface area contributed by atoms with E-state index < -0.39 is 5.97 Å². The number of carboxylic acid groups (broad SMARTS) is 1. The second-order valence-corrected chi connectivity index (χ2v) is 6.75. The molecule has 2 aromatic carbocycles. The van der Waals surface area contributed by atoms with E-state index >= 15 is 0 Å². The lowest BCUT2D eigenvalue weighted by atomic mass is 10.1. The molecule has 0 aliphatic carbocycles. The van der Waals surface area contributed by atoms with Crippen LogP contribution in [0.4, 0.5) is 0 Å². The third-order valence-electron chi connectivity index (χ3n) is 4.43. The molecule has 0 aliphatic heterocycles. The maximum absolute atomic E-state index is 13.1. The van der Waals surface area contributed by atoms with Gasteiger partial charge in [-0.05, 0) is 48.4 Å².